The molecule has 0 aromatic heterocycles. The summed E-state index contributed by atoms with van der Waals surface area (Å²) in [5.41, 5.74) is 1.94. The molecule has 0 saturated carbocycles. The summed E-state index contributed by atoms with van der Waals surface area (Å²) in [6, 6.07) is 12.7. The summed E-state index contributed by atoms with van der Waals surface area (Å²) in [6.45, 7) is 4.52. The molecule has 0 aliphatic heterocycles. The van der Waals surface area contributed by atoms with Crippen LogP contribution in [0.4, 0.5) is 0 Å². The second-order valence-corrected chi connectivity index (χ2v) is 6.38. The van der Waals surface area contributed by atoms with Gasteiger partial charge < -0.3 is 14.8 Å². The number of halogens is 1. The first-order valence-corrected chi connectivity index (χ1v) is 9.37. The van der Waals surface area contributed by atoms with Gasteiger partial charge in [0.25, 0.3) is 0 Å². The van der Waals surface area contributed by atoms with Crippen molar-refractivity contribution in [2.75, 3.05) is 6.61 Å². The van der Waals surface area contributed by atoms with Gasteiger partial charge in [0.05, 0.1) is 6.61 Å². The van der Waals surface area contributed by atoms with Crippen LogP contribution in [0.25, 0.3) is 0 Å². The average Bonchev–Trinajstić information content (AvgIpc) is 2.67. The van der Waals surface area contributed by atoms with Gasteiger partial charge in [-0.3, -0.25) is 9.59 Å². The van der Waals surface area contributed by atoms with Crippen molar-refractivity contribution in [2.45, 2.75) is 39.7 Å². The molecule has 0 unspecified atom stereocenters. The van der Waals surface area contributed by atoms with Crippen molar-refractivity contribution < 1.29 is 19.1 Å². The zero-order valence-electron chi connectivity index (χ0n) is 15.6. The van der Waals surface area contributed by atoms with Gasteiger partial charge in [-0.1, -0.05) is 36.7 Å². The van der Waals surface area contributed by atoms with E-state index in [0.29, 0.717) is 48.9 Å². The molecule has 6 heteroatoms. The van der Waals surface area contributed by atoms with Crippen LogP contribution in [-0.4, -0.2) is 18.5 Å². The smallest absolute Gasteiger partial charge is 0.311 e. The third-order valence-electron chi connectivity index (χ3n) is 3.86. The van der Waals surface area contributed by atoms with Crippen molar-refractivity contribution in [3.63, 3.8) is 0 Å². The number of hydrogen-bond acceptors (Lipinski definition) is 4. The van der Waals surface area contributed by atoms with Gasteiger partial charge in [-0.25, -0.2) is 0 Å². The largest absolute Gasteiger partial charge is 0.490 e. The maximum absolute atomic E-state index is 12.1. The minimum absolute atomic E-state index is 0.0376. The van der Waals surface area contributed by atoms with Gasteiger partial charge in [0.15, 0.2) is 11.5 Å². The van der Waals surface area contributed by atoms with Crippen molar-refractivity contribution >= 4 is 23.5 Å². The first-order valence-electron chi connectivity index (χ1n) is 8.99. The lowest BCUT2D eigenvalue weighted by atomic mass is 10.1. The monoisotopic (exact) mass is 389 g/mol. The fourth-order valence-corrected chi connectivity index (χ4v) is 2.53. The van der Waals surface area contributed by atoms with Gasteiger partial charge in [-0.15, -0.1) is 0 Å². The van der Waals surface area contributed by atoms with Crippen LogP contribution in [0.15, 0.2) is 42.5 Å². The summed E-state index contributed by atoms with van der Waals surface area (Å²) in [6.07, 6.45) is 1.21. The summed E-state index contributed by atoms with van der Waals surface area (Å²) in [5, 5.41) is 3.56. The normalized spacial score (nSPS) is 10.3. The summed E-state index contributed by atoms with van der Waals surface area (Å²) < 4.78 is 10.8. The Morgan fingerprint density at radius 1 is 1.00 bits per heavy atom. The molecule has 0 bridgehead atoms. The molecule has 0 aliphatic rings. The van der Waals surface area contributed by atoms with E-state index in [1.807, 2.05) is 31.2 Å². The Morgan fingerprint density at radius 2 is 1.70 bits per heavy atom. The maximum atomic E-state index is 12.1. The van der Waals surface area contributed by atoms with Crippen molar-refractivity contribution in [3.8, 4) is 11.5 Å². The van der Waals surface area contributed by atoms with Gasteiger partial charge in [-0.05, 0) is 48.7 Å². The third-order valence-corrected chi connectivity index (χ3v) is 4.12. The Morgan fingerprint density at radius 3 is 2.37 bits per heavy atom. The highest BCUT2D eigenvalue weighted by molar-refractivity contribution is 6.30. The predicted molar refractivity (Wildman–Crippen MR) is 105 cm³/mol. The molecule has 144 valence electrons. The highest BCUT2D eigenvalue weighted by Crippen LogP contribution is 2.29. The molecule has 0 radical (unpaired) electrons. The lowest BCUT2D eigenvalue weighted by Gasteiger charge is -2.12. The van der Waals surface area contributed by atoms with Gasteiger partial charge >= 0.3 is 5.97 Å². The second kappa shape index (κ2) is 10.6. The van der Waals surface area contributed by atoms with E-state index < -0.39 is 0 Å². The second-order valence-electron chi connectivity index (χ2n) is 5.94. The van der Waals surface area contributed by atoms with Gasteiger partial charge in [-0.2, -0.15) is 0 Å². The molecule has 0 heterocycles. The molecule has 1 N–H and O–H groups in total. The van der Waals surface area contributed by atoms with E-state index in [0.717, 1.165) is 11.1 Å². The SMILES string of the molecule is CCOc1cc(CCC(=O)NCc2ccc(Cl)cc2)ccc1OC(=O)CC. The Hall–Kier alpha value is -2.53. The Kier molecular flexibility index (Phi) is 8.14. The van der Waals surface area contributed by atoms with Crippen LogP contribution in [0, 0.1) is 0 Å². The van der Waals surface area contributed by atoms with Gasteiger partial charge in [0.1, 0.15) is 0 Å². The number of hydrogen-bond donors (Lipinski definition) is 1. The molecule has 2 aromatic rings. The van der Waals surface area contributed by atoms with Crippen molar-refractivity contribution in [1.82, 2.24) is 5.32 Å². The molecule has 0 spiro atoms. The Labute approximate surface area is 164 Å². The van der Waals surface area contributed by atoms with Crippen molar-refractivity contribution in [2.24, 2.45) is 0 Å². The fraction of sp³-hybridized carbons (Fsp3) is 0.333. The maximum Gasteiger partial charge on any atom is 0.311 e. The lowest BCUT2D eigenvalue weighted by molar-refractivity contribution is -0.134. The molecule has 0 atom stereocenters. The van der Waals surface area contributed by atoms with Crippen LogP contribution < -0.4 is 14.8 Å². The Balaban J connectivity index is 1.90. The molecule has 0 aliphatic carbocycles. The van der Waals surface area contributed by atoms with E-state index in [9.17, 15) is 9.59 Å². The first-order chi connectivity index (χ1) is 13.0. The third kappa shape index (κ3) is 6.94. The van der Waals surface area contributed by atoms with Crippen molar-refractivity contribution in [1.29, 1.82) is 0 Å². The molecule has 1 amide bonds. The van der Waals surface area contributed by atoms with Crippen LogP contribution in [0.1, 0.15) is 37.8 Å². The number of rotatable bonds is 9. The molecule has 27 heavy (non-hydrogen) atoms. The van der Waals surface area contributed by atoms with E-state index >= 15 is 0 Å². The number of amides is 1. The van der Waals surface area contributed by atoms with E-state index in [1.54, 1.807) is 25.1 Å². The number of carbonyl (C=O) groups is 2. The number of esters is 1. The zero-order valence-corrected chi connectivity index (χ0v) is 16.3. The first kappa shape index (κ1) is 20.8. The summed E-state index contributed by atoms with van der Waals surface area (Å²) in [5.74, 6) is 0.563. The van der Waals surface area contributed by atoms with E-state index in [4.69, 9.17) is 21.1 Å². The van der Waals surface area contributed by atoms with Crippen LogP contribution in [0.3, 0.4) is 0 Å². The number of nitrogens with one attached hydrogen (secondary N) is 1. The lowest BCUT2D eigenvalue weighted by Crippen LogP contribution is -2.22. The number of aryl methyl sites for hydroxylation is 1. The minimum Gasteiger partial charge on any atom is -0.490 e. The minimum atomic E-state index is -0.315. The van der Waals surface area contributed by atoms with Crippen LogP contribution >= 0.6 is 11.6 Å². The predicted octanol–water partition coefficient (Wildman–Crippen LogP) is 4.30. The van der Waals surface area contributed by atoms with Gasteiger partial charge in [0.2, 0.25) is 5.91 Å². The standard InChI is InChI=1S/C21H24ClNO4/c1-3-21(25)27-18-11-7-15(13-19(18)26-4-2)8-12-20(24)23-14-16-5-9-17(22)10-6-16/h5-7,9-11,13H,3-4,8,12,14H2,1-2H3,(H,23,24). The summed E-state index contributed by atoms with van der Waals surface area (Å²) in [7, 11) is 0. The van der Waals surface area contributed by atoms with Crippen LogP contribution in [0.2, 0.25) is 5.02 Å². The fourth-order valence-electron chi connectivity index (χ4n) is 2.40. The van der Waals surface area contributed by atoms with E-state index in [1.165, 1.54) is 0 Å². The summed E-state index contributed by atoms with van der Waals surface area (Å²) in [4.78, 5) is 23.6. The highest BCUT2D eigenvalue weighted by atomic mass is 35.5. The number of carbonyl (C=O) groups excluding carboxylic acids is 2. The summed E-state index contributed by atoms with van der Waals surface area (Å²) >= 11 is 5.85. The molecule has 0 fully saturated rings. The number of benzene rings is 2. The zero-order chi connectivity index (χ0) is 19.6. The molecule has 0 saturated heterocycles. The van der Waals surface area contributed by atoms with Gasteiger partial charge in [0, 0.05) is 24.4 Å². The van der Waals surface area contributed by atoms with Crippen molar-refractivity contribution in [3.05, 3.63) is 58.6 Å². The molecule has 5 nitrogen and oxygen atoms in total. The molecular weight excluding hydrogens is 366 g/mol. The molecule has 2 rings (SSSR count). The molecular formula is C21H24ClNO4. The Bertz CT molecular complexity index is 774. The van der Waals surface area contributed by atoms with Crippen LogP contribution in [0.5, 0.6) is 11.5 Å². The van der Waals surface area contributed by atoms with E-state index in [-0.39, 0.29) is 11.9 Å². The average molecular weight is 390 g/mol. The quantitative estimate of drug-likeness (QED) is 0.513. The topological polar surface area (TPSA) is 64.6 Å². The number of ether oxygens (including phenoxy) is 2. The highest BCUT2D eigenvalue weighted by Gasteiger charge is 2.11. The van der Waals surface area contributed by atoms with E-state index in [2.05, 4.69) is 5.32 Å². The van der Waals surface area contributed by atoms with Crippen LogP contribution in [-0.2, 0) is 22.6 Å². The molecule has 2 aromatic carbocycles.